The average Bonchev–Trinajstić information content (AvgIpc) is 2.94. The van der Waals surface area contributed by atoms with Gasteiger partial charge in [-0.1, -0.05) is 13.8 Å². The van der Waals surface area contributed by atoms with Gasteiger partial charge < -0.3 is 10.3 Å². The Labute approximate surface area is 89.1 Å². The first-order valence-corrected chi connectivity index (χ1v) is 5.45. The maximum Gasteiger partial charge on any atom is 0.252 e. The van der Waals surface area contributed by atoms with E-state index in [1.54, 1.807) is 0 Å². The van der Waals surface area contributed by atoms with Gasteiger partial charge in [-0.25, -0.2) is 4.98 Å². The molecule has 1 aromatic heterocycles. The summed E-state index contributed by atoms with van der Waals surface area (Å²) in [5, 5.41) is 3.23. The number of hydrogen-bond acceptors (Lipinski definition) is 3. The van der Waals surface area contributed by atoms with E-state index < -0.39 is 0 Å². The van der Waals surface area contributed by atoms with Crippen molar-refractivity contribution in [1.29, 1.82) is 0 Å². The molecule has 82 valence electrons. The summed E-state index contributed by atoms with van der Waals surface area (Å²) in [7, 11) is 0. The van der Waals surface area contributed by atoms with Crippen LogP contribution in [0.3, 0.4) is 0 Å². The van der Waals surface area contributed by atoms with E-state index in [-0.39, 0.29) is 5.56 Å². The van der Waals surface area contributed by atoms with Gasteiger partial charge in [-0.05, 0) is 18.3 Å². The number of aromatic nitrogens is 2. The van der Waals surface area contributed by atoms with Gasteiger partial charge >= 0.3 is 0 Å². The first kappa shape index (κ1) is 10.2. The molecule has 1 aliphatic rings. The fourth-order valence-electron chi connectivity index (χ4n) is 1.46. The van der Waals surface area contributed by atoms with Crippen LogP contribution >= 0.6 is 0 Å². The molecule has 0 aromatic carbocycles. The number of rotatable bonds is 4. The highest BCUT2D eigenvalue weighted by Crippen LogP contribution is 2.44. The standard InChI is InChI=1S/C11H17N3O/c1-3-8-13-9(6-10(15)14-8)12-7-11(2)4-5-11/h6H,3-5,7H2,1-2H3,(H2,12,13,14,15). The van der Waals surface area contributed by atoms with Crippen LogP contribution in [0.4, 0.5) is 5.82 Å². The minimum absolute atomic E-state index is 0.0784. The lowest BCUT2D eigenvalue weighted by molar-refractivity contribution is 0.609. The van der Waals surface area contributed by atoms with Crippen LogP contribution in [0.5, 0.6) is 0 Å². The molecule has 1 fully saturated rings. The van der Waals surface area contributed by atoms with Gasteiger partial charge in [0.15, 0.2) is 0 Å². The quantitative estimate of drug-likeness (QED) is 0.787. The van der Waals surface area contributed by atoms with Crippen molar-refractivity contribution in [3.63, 3.8) is 0 Å². The van der Waals surface area contributed by atoms with Crippen LogP contribution < -0.4 is 10.9 Å². The Morgan fingerprint density at radius 1 is 1.60 bits per heavy atom. The highest BCUT2D eigenvalue weighted by atomic mass is 16.1. The van der Waals surface area contributed by atoms with E-state index in [2.05, 4.69) is 22.2 Å². The summed E-state index contributed by atoms with van der Waals surface area (Å²) in [5.41, 5.74) is 0.349. The van der Waals surface area contributed by atoms with Crippen LogP contribution in [0.15, 0.2) is 10.9 Å². The molecule has 0 spiro atoms. The Bertz CT molecular complexity index is 407. The normalized spacial score (nSPS) is 17.5. The Kier molecular flexibility index (Phi) is 2.50. The summed E-state index contributed by atoms with van der Waals surface area (Å²) in [4.78, 5) is 18.3. The molecule has 4 heteroatoms. The van der Waals surface area contributed by atoms with Crippen LogP contribution in [0.2, 0.25) is 0 Å². The second-order valence-corrected chi connectivity index (χ2v) is 4.60. The third-order valence-corrected chi connectivity index (χ3v) is 2.93. The van der Waals surface area contributed by atoms with Crippen molar-refractivity contribution in [2.75, 3.05) is 11.9 Å². The van der Waals surface area contributed by atoms with Gasteiger partial charge in [-0.3, -0.25) is 4.79 Å². The fourth-order valence-corrected chi connectivity index (χ4v) is 1.46. The minimum Gasteiger partial charge on any atom is -0.369 e. The topological polar surface area (TPSA) is 57.8 Å². The van der Waals surface area contributed by atoms with Gasteiger partial charge in [0, 0.05) is 19.0 Å². The maximum atomic E-state index is 11.3. The smallest absolute Gasteiger partial charge is 0.252 e. The summed E-state index contributed by atoms with van der Waals surface area (Å²) in [5.74, 6) is 1.44. The van der Waals surface area contributed by atoms with E-state index in [1.165, 1.54) is 18.9 Å². The van der Waals surface area contributed by atoms with Gasteiger partial charge in [0.1, 0.15) is 11.6 Å². The number of H-pyrrole nitrogens is 1. The van der Waals surface area contributed by atoms with Crippen LogP contribution in [0.1, 0.15) is 32.5 Å². The van der Waals surface area contributed by atoms with Crippen molar-refractivity contribution in [2.45, 2.75) is 33.1 Å². The predicted molar refractivity (Wildman–Crippen MR) is 60.1 cm³/mol. The molecule has 2 N–H and O–H groups in total. The van der Waals surface area contributed by atoms with Gasteiger partial charge in [-0.2, -0.15) is 0 Å². The van der Waals surface area contributed by atoms with Crippen LogP contribution in [0.25, 0.3) is 0 Å². The molecule has 4 nitrogen and oxygen atoms in total. The second-order valence-electron chi connectivity index (χ2n) is 4.60. The predicted octanol–water partition coefficient (Wildman–Crippen LogP) is 1.54. The lowest BCUT2D eigenvalue weighted by Crippen LogP contribution is -2.17. The zero-order valence-corrected chi connectivity index (χ0v) is 9.26. The first-order valence-electron chi connectivity index (χ1n) is 5.45. The maximum absolute atomic E-state index is 11.3. The van der Waals surface area contributed by atoms with E-state index in [0.29, 0.717) is 11.2 Å². The molecule has 0 radical (unpaired) electrons. The van der Waals surface area contributed by atoms with Crippen molar-refractivity contribution in [3.05, 3.63) is 22.2 Å². The van der Waals surface area contributed by atoms with Crippen molar-refractivity contribution in [2.24, 2.45) is 5.41 Å². The zero-order chi connectivity index (χ0) is 10.9. The average molecular weight is 207 g/mol. The fraction of sp³-hybridized carbons (Fsp3) is 0.636. The molecule has 1 aliphatic carbocycles. The van der Waals surface area contributed by atoms with Crippen molar-refractivity contribution < 1.29 is 0 Å². The molecule has 1 heterocycles. The third-order valence-electron chi connectivity index (χ3n) is 2.93. The summed E-state index contributed by atoms with van der Waals surface area (Å²) < 4.78 is 0. The Morgan fingerprint density at radius 2 is 2.33 bits per heavy atom. The largest absolute Gasteiger partial charge is 0.369 e. The molecular weight excluding hydrogens is 190 g/mol. The number of nitrogens with one attached hydrogen (secondary N) is 2. The van der Waals surface area contributed by atoms with E-state index in [9.17, 15) is 4.79 Å². The zero-order valence-electron chi connectivity index (χ0n) is 9.26. The van der Waals surface area contributed by atoms with Gasteiger partial charge in [0.05, 0.1) is 0 Å². The molecule has 15 heavy (non-hydrogen) atoms. The summed E-state index contributed by atoms with van der Waals surface area (Å²) in [6.07, 6.45) is 3.29. The molecule has 0 amide bonds. The monoisotopic (exact) mass is 207 g/mol. The number of aromatic amines is 1. The third kappa shape index (κ3) is 2.58. The van der Waals surface area contributed by atoms with Crippen LogP contribution in [-0.4, -0.2) is 16.5 Å². The van der Waals surface area contributed by atoms with E-state index in [1.807, 2.05) is 6.92 Å². The minimum atomic E-state index is -0.0784. The van der Waals surface area contributed by atoms with Crippen molar-refractivity contribution in [3.8, 4) is 0 Å². The SMILES string of the molecule is CCc1nc(NCC2(C)CC2)cc(=O)[nH]1. The molecule has 1 aromatic rings. The van der Waals surface area contributed by atoms with E-state index in [0.717, 1.165) is 18.8 Å². The molecule has 1 saturated carbocycles. The van der Waals surface area contributed by atoms with Crippen LogP contribution in [-0.2, 0) is 6.42 Å². The summed E-state index contributed by atoms with van der Waals surface area (Å²) in [6.45, 7) is 5.13. The summed E-state index contributed by atoms with van der Waals surface area (Å²) >= 11 is 0. The van der Waals surface area contributed by atoms with Crippen LogP contribution in [0, 0.1) is 5.41 Å². The number of nitrogens with zero attached hydrogens (tertiary/aromatic N) is 1. The highest BCUT2D eigenvalue weighted by Gasteiger charge is 2.36. The van der Waals surface area contributed by atoms with Gasteiger partial charge in [0.2, 0.25) is 0 Å². The van der Waals surface area contributed by atoms with E-state index in [4.69, 9.17) is 0 Å². The first-order chi connectivity index (χ1) is 7.11. The Morgan fingerprint density at radius 3 is 2.93 bits per heavy atom. The lowest BCUT2D eigenvalue weighted by Gasteiger charge is -2.10. The highest BCUT2D eigenvalue weighted by molar-refractivity contribution is 5.33. The molecular formula is C11H17N3O. The number of aryl methyl sites for hydroxylation is 1. The molecule has 2 rings (SSSR count). The number of anilines is 1. The Hall–Kier alpha value is -1.32. The van der Waals surface area contributed by atoms with Gasteiger partial charge in [0.25, 0.3) is 5.56 Å². The molecule has 0 saturated heterocycles. The Balaban J connectivity index is 2.06. The molecule has 0 aliphatic heterocycles. The second kappa shape index (κ2) is 3.68. The van der Waals surface area contributed by atoms with Gasteiger partial charge in [-0.15, -0.1) is 0 Å². The molecule has 0 atom stereocenters. The van der Waals surface area contributed by atoms with Crippen molar-refractivity contribution >= 4 is 5.82 Å². The van der Waals surface area contributed by atoms with E-state index >= 15 is 0 Å². The molecule has 0 unspecified atom stereocenters. The summed E-state index contributed by atoms with van der Waals surface area (Å²) in [6, 6.07) is 1.52. The van der Waals surface area contributed by atoms with Crippen molar-refractivity contribution in [1.82, 2.24) is 9.97 Å². The lowest BCUT2D eigenvalue weighted by atomic mass is 10.1. The molecule has 0 bridgehead atoms. The number of hydrogen-bond donors (Lipinski definition) is 2.